The van der Waals surface area contributed by atoms with Crippen LogP contribution in [0.15, 0.2) is 36.5 Å². The van der Waals surface area contributed by atoms with Crippen LogP contribution in [0.2, 0.25) is 0 Å². The van der Waals surface area contributed by atoms with Gasteiger partial charge in [0, 0.05) is 17.9 Å². The monoisotopic (exact) mass is 285 g/mol. The molecule has 2 atom stereocenters. The van der Waals surface area contributed by atoms with Crippen molar-refractivity contribution in [3.05, 3.63) is 42.1 Å². The molecule has 0 aliphatic carbocycles. The molecular weight excluding hydrogens is 266 g/mol. The summed E-state index contributed by atoms with van der Waals surface area (Å²) in [4.78, 5) is 24.4. The van der Waals surface area contributed by atoms with Crippen LogP contribution in [0.4, 0.5) is 5.69 Å². The Bertz CT molecular complexity index is 597. The van der Waals surface area contributed by atoms with E-state index >= 15 is 0 Å². The molecule has 0 spiro atoms. The van der Waals surface area contributed by atoms with Crippen molar-refractivity contribution in [1.82, 2.24) is 10.6 Å². The van der Waals surface area contributed by atoms with Crippen LogP contribution in [0.5, 0.6) is 0 Å². The first-order chi connectivity index (χ1) is 10.1. The Kier molecular flexibility index (Phi) is 3.64. The minimum atomic E-state index is -0.454. The van der Waals surface area contributed by atoms with Gasteiger partial charge >= 0.3 is 0 Å². The number of carbonyl (C=O) groups excluding carboxylic acids is 2. The van der Waals surface area contributed by atoms with Crippen LogP contribution in [-0.4, -0.2) is 24.4 Å². The second kappa shape index (κ2) is 5.60. The smallest absolute Gasteiger partial charge is 0.246 e. The molecule has 2 aliphatic rings. The molecule has 2 amide bonds. The van der Waals surface area contributed by atoms with Crippen molar-refractivity contribution in [3.63, 3.8) is 0 Å². The van der Waals surface area contributed by atoms with Crippen molar-refractivity contribution in [2.24, 2.45) is 0 Å². The number of fused-ring (bicyclic) bond motifs is 1. The zero-order valence-corrected chi connectivity index (χ0v) is 11.8. The van der Waals surface area contributed by atoms with Crippen LogP contribution in [0, 0.1) is 0 Å². The third-order valence-corrected chi connectivity index (χ3v) is 4.07. The second-order valence-corrected chi connectivity index (χ2v) is 5.55. The van der Waals surface area contributed by atoms with E-state index in [1.807, 2.05) is 24.3 Å². The molecule has 5 heteroatoms. The molecule has 0 unspecified atom stereocenters. The van der Waals surface area contributed by atoms with E-state index in [4.69, 9.17) is 0 Å². The number of hydrogen-bond donors (Lipinski definition) is 3. The SMILES string of the molecule is C=C1CC[C@H](NC(=O)[C@H]2CCNc3ccccc32)C(=O)N1. The van der Waals surface area contributed by atoms with E-state index in [-0.39, 0.29) is 17.7 Å². The molecule has 3 rings (SSSR count). The van der Waals surface area contributed by atoms with E-state index < -0.39 is 6.04 Å². The Morgan fingerprint density at radius 1 is 1.29 bits per heavy atom. The molecule has 0 aromatic heterocycles. The minimum absolute atomic E-state index is 0.0726. The average molecular weight is 285 g/mol. The number of carbonyl (C=O) groups is 2. The molecule has 3 N–H and O–H groups in total. The summed E-state index contributed by atoms with van der Waals surface area (Å²) in [6.07, 6.45) is 2.06. The van der Waals surface area contributed by atoms with Gasteiger partial charge in [-0.05, 0) is 30.9 Å². The molecule has 110 valence electrons. The lowest BCUT2D eigenvalue weighted by molar-refractivity contribution is -0.130. The predicted molar refractivity (Wildman–Crippen MR) is 80.7 cm³/mol. The number of anilines is 1. The van der Waals surface area contributed by atoms with E-state index in [1.165, 1.54) is 0 Å². The molecule has 0 saturated carbocycles. The van der Waals surface area contributed by atoms with Crippen molar-refractivity contribution in [2.45, 2.75) is 31.2 Å². The van der Waals surface area contributed by atoms with Gasteiger partial charge in [0.05, 0.1) is 5.92 Å². The van der Waals surface area contributed by atoms with E-state index in [1.54, 1.807) is 0 Å². The van der Waals surface area contributed by atoms with Crippen LogP contribution in [0.3, 0.4) is 0 Å². The molecule has 21 heavy (non-hydrogen) atoms. The zero-order chi connectivity index (χ0) is 14.8. The lowest BCUT2D eigenvalue weighted by Crippen LogP contribution is -2.50. The average Bonchev–Trinajstić information content (AvgIpc) is 2.49. The number of rotatable bonds is 2. The molecule has 2 heterocycles. The summed E-state index contributed by atoms with van der Waals surface area (Å²) >= 11 is 0. The molecule has 5 nitrogen and oxygen atoms in total. The maximum absolute atomic E-state index is 12.5. The molecule has 1 aromatic carbocycles. The maximum atomic E-state index is 12.5. The summed E-state index contributed by atoms with van der Waals surface area (Å²) in [5, 5.41) is 8.87. The first-order valence-electron chi connectivity index (χ1n) is 7.27. The summed E-state index contributed by atoms with van der Waals surface area (Å²) in [6, 6.07) is 7.38. The van der Waals surface area contributed by atoms with Gasteiger partial charge in [0.1, 0.15) is 6.04 Å². The number of allylic oxidation sites excluding steroid dienone is 1. The number of hydrogen-bond acceptors (Lipinski definition) is 3. The highest BCUT2D eigenvalue weighted by Gasteiger charge is 2.31. The first kappa shape index (κ1) is 13.7. The summed E-state index contributed by atoms with van der Waals surface area (Å²) in [6.45, 7) is 4.51. The molecule has 1 aromatic rings. The van der Waals surface area contributed by atoms with Gasteiger partial charge in [-0.25, -0.2) is 0 Å². The fourth-order valence-corrected chi connectivity index (χ4v) is 2.92. The Hall–Kier alpha value is -2.30. The molecule has 2 aliphatic heterocycles. The number of piperidine rings is 1. The van der Waals surface area contributed by atoms with Crippen molar-refractivity contribution < 1.29 is 9.59 Å². The van der Waals surface area contributed by atoms with Crippen LogP contribution >= 0.6 is 0 Å². The van der Waals surface area contributed by atoms with Gasteiger partial charge in [-0.3, -0.25) is 9.59 Å². The molecule has 1 saturated heterocycles. The molecule has 1 fully saturated rings. The molecule has 0 bridgehead atoms. The standard InChI is InChI=1S/C16H19N3O2/c1-10-6-7-14(16(21)18-10)19-15(20)12-8-9-17-13-5-3-2-4-11(12)13/h2-5,12,14,17H,1,6-9H2,(H,18,21)(H,19,20)/t12-,14-/m0/s1. The van der Waals surface area contributed by atoms with Gasteiger partial charge in [0.25, 0.3) is 0 Å². The van der Waals surface area contributed by atoms with Crippen LogP contribution in [0.1, 0.15) is 30.7 Å². The number of benzene rings is 1. The summed E-state index contributed by atoms with van der Waals surface area (Å²) in [5.41, 5.74) is 2.73. The van der Waals surface area contributed by atoms with Crippen molar-refractivity contribution in [1.29, 1.82) is 0 Å². The highest BCUT2D eigenvalue weighted by Crippen LogP contribution is 2.31. The van der Waals surface area contributed by atoms with Crippen molar-refractivity contribution >= 4 is 17.5 Å². The van der Waals surface area contributed by atoms with Gasteiger partial charge in [0.15, 0.2) is 0 Å². The summed E-state index contributed by atoms with van der Waals surface area (Å²) in [5.74, 6) is -0.432. The quantitative estimate of drug-likeness (QED) is 0.771. The van der Waals surface area contributed by atoms with Gasteiger partial charge in [-0.1, -0.05) is 24.8 Å². The van der Waals surface area contributed by atoms with Gasteiger partial charge in [0.2, 0.25) is 11.8 Å². The Morgan fingerprint density at radius 3 is 2.90 bits per heavy atom. The minimum Gasteiger partial charge on any atom is -0.385 e. The predicted octanol–water partition coefficient (Wildman–Crippen LogP) is 1.49. The topological polar surface area (TPSA) is 70.2 Å². The van der Waals surface area contributed by atoms with Crippen LogP contribution < -0.4 is 16.0 Å². The van der Waals surface area contributed by atoms with E-state index in [9.17, 15) is 9.59 Å². The highest BCUT2D eigenvalue weighted by atomic mass is 16.2. The van der Waals surface area contributed by atoms with E-state index in [0.29, 0.717) is 12.8 Å². The normalized spacial score (nSPS) is 24.6. The largest absolute Gasteiger partial charge is 0.385 e. The van der Waals surface area contributed by atoms with Gasteiger partial charge in [-0.15, -0.1) is 0 Å². The van der Waals surface area contributed by atoms with Crippen molar-refractivity contribution in [3.8, 4) is 0 Å². The third-order valence-electron chi connectivity index (χ3n) is 4.07. The maximum Gasteiger partial charge on any atom is 0.246 e. The fraction of sp³-hybridized carbons (Fsp3) is 0.375. The Morgan fingerprint density at radius 2 is 2.10 bits per heavy atom. The second-order valence-electron chi connectivity index (χ2n) is 5.55. The lowest BCUT2D eigenvalue weighted by Gasteiger charge is -2.29. The summed E-state index contributed by atoms with van der Waals surface area (Å²) < 4.78 is 0. The number of amides is 2. The Labute approximate surface area is 123 Å². The Balaban J connectivity index is 1.72. The van der Waals surface area contributed by atoms with Crippen LogP contribution in [0.25, 0.3) is 0 Å². The van der Waals surface area contributed by atoms with E-state index in [2.05, 4.69) is 22.5 Å². The van der Waals surface area contributed by atoms with Crippen LogP contribution in [-0.2, 0) is 9.59 Å². The lowest BCUT2D eigenvalue weighted by atomic mass is 9.89. The van der Waals surface area contributed by atoms with Crippen molar-refractivity contribution in [2.75, 3.05) is 11.9 Å². The molecule has 0 radical (unpaired) electrons. The van der Waals surface area contributed by atoms with Gasteiger partial charge < -0.3 is 16.0 Å². The fourth-order valence-electron chi connectivity index (χ4n) is 2.92. The highest BCUT2D eigenvalue weighted by molar-refractivity contribution is 5.92. The number of para-hydroxylation sites is 1. The third kappa shape index (κ3) is 2.77. The van der Waals surface area contributed by atoms with Gasteiger partial charge in [-0.2, -0.15) is 0 Å². The number of nitrogens with one attached hydrogen (secondary N) is 3. The first-order valence-corrected chi connectivity index (χ1v) is 7.27. The zero-order valence-electron chi connectivity index (χ0n) is 11.8. The summed E-state index contributed by atoms with van der Waals surface area (Å²) in [7, 11) is 0. The van der Waals surface area contributed by atoms with E-state index in [0.717, 1.165) is 29.9 Å². The molecular formula is C16H19N3O2.